The average Bonchev–Trinajstić information content (AvgIpc) is 2.58. The number of aromatic nitrogens is 1. The van der Waals surface area contributed by atoms with Crippen molar-refractivity contribution in [1.82, 2.24) is 10.3 Å². The van der Waals surface area contributed by atoms with Crippen molar-refractivity contribution in [3.05, 3.63) is 62.8 Å². The Balaban J connectivity index is 2.11. The van der Waals surface area contributed by atoms with Gasteiger partial charge >= 0.3 is 6.18 Å². The van der Waals surface area contributed by atoms with Crippen molar-refractivity contribution in [1.29, 1.82) is 0 Å². The lowest BCUT2D eigenvalue weighted by Gasteiger charge is -2.12. The van der Waals surface area contributed by atoms with Crippen LogP contribution in [-0.2, 0) is 6.54 Å². The molecule has 1 N–H and O–H groups in total. The number of alkyl halides is 3. The van der Waals surface area contributed by atoms with Gasteiger partial charge in [-0.3, -0.25) is 14.9 Å². The summed E-state index contributed by atoms with van der Waals surface area (Å²) in [6.07, 6.45) is -3.29. The van der Waals surface area contributed by atoms with Crippen LogP contribution in [0, 0.1) is 10.1 Å². The van der Waals surface area contributed by atoms with Crippen molar-refractivity contribution < 1.29 is 27.6 Å². The van der Waals surface area contributed by atoms with Gasteiger partial charge in [0.1, 0.15) is 0 Å². The number of benzene rings is 1. The third-order valence-corrected chi connectivity index (χ3v) is 3.40. The number of nitrogens with one attached hydrogen (secondary N) is 1. The summed E-state index contributed by atoms with van der Waals surface area (Å²) >= 11 is 5.86. The fourth-order valence-electron chi connectivity index (χ4n) is 1.91. The molecule has 0 spiro atoms. The number of non-ortho nitro benzene ring substituents is 1. The molecule has 1 amide bonds. The molecule has 0 aliphatic carbocycles. The quantitative estimate of drug-likeness (QED) is 0.602. The van der Waals surface area contributed by atoms with E-state index in [1.807, 2.05) is 0 Å². The Bertz CT molecular complexity index is 830. The van der Waals surface area contributed by atoms with E-state index in [-0.39, 0.29) is 34.3 Å². The number of carbonyl (C=O) groups excluding carboxylic acids is 1. The Labute approximate surface area is 149 Å². The van der Waals surface area contributed by atoms with Gasteiger partial charge in [-0.05, 0) is 12.1 Å². The van der Waals surface area contributed by atoms with E-state index in [0.717, 1.165) is 12.1 Å². The van der Waals surface area contributed by atoms with Gasteiger partial charge in [-0.2, -0.15) is 13.2 Å². The summed E-state index contributed by atoms with van der Waals surface area (Å²) in [5.74, 6) is -1.01. The standard InChI is InChI=1S/C15H11ClF3N3O4/c16-12-4-3-10(22(24)25)6-11(12)13(23)21-7-9-2-1-5-20-14(9)26-8-15(17,18)19/h1-6H,7-8H2,(H,21,23). The highest BCUT2D eigenvalue weighted by Gasteiger charge is 2.29. The molecule has 0 saturated carbocycles. The van der Waals surface area contributed by atoms with Crippen LogP contribution in [0.25, 0.3) is 0 Å². The molecule has 1 heterocycles. The summed E-state index contributed by atoms with van der Waals surface area (Å²) in [7, 11) is 0. The number of nitrogens with zero attached hydrogens (tertiary/aromatic N) is 2. The van der Waals surface area contributed by atoms with Gasteiger partial charge in [0.05, 0.1) is 15.5 Å². The molecule has 0 bridgehead atoms. The van der Waals surface area contributed by atoms with Crippen LogP contribution < -0.4 is 10.1 Å². The Morgan fingerprint density at radius 3 is 2.73 bits per heavy atom. The second-order valence-electron chi connectivity index (χ2n) is 4.98. The van der Waals surface area contributed by atoms with E-state index in [9.17, 15) is 28.1 Å². The Hall–Kier alpha value is -2.88. The summed E-state index contributed by atoms with van der Waals surface area (Å²) in [5, 5.41) is 13.2. The lowest BCUT2D eigenvalue weighted by atomic mass is 10.2. The minimum atomic E-state index is -4.53. The number of rotatable bonds is 6. The minimum absolute atomic E-state index is 0.00664. The minimum Gasteiger partial charge on any atom is -0.468 e. The molecule has 1 aromatic carbocycles. The third-order valence-electron chi connectivity index (χ3n) is 3.07. The van der Waals surface area contributed by atoms with Crippen LogP contribution in [0.1, 0.15) is 15.9 Å². The molecule has 7 nitrogen and oxygen atoms in total. The average molecular weight is 390 g/mol. The number of nitro groups is 1. The molecule has 0 unspecified atom stereocenters. The first-order valence-electron chi connectivity index (χ1n) is 7.03. The Morgan fingerprint density at radius 1 is 1.35 bits per heavy atom. The summed E-state index contributed by atoms with van der Waals surface area (Å²) in [4.78, 5) is 26.0. The van der Waals surface area contributed by atoms with Gasteiger partial charge in [-0.25, -0.2) is 4.98 Å². The van der Waals surface area contributed by atoms with Crippen molar-refractivity contribution in [2.75, 3.05) is 6.61 Å². The topological polar surface area (TPSA) is 94.4 Å². The van der Waals surface area contributed by atoms with Crippen LogP contribution in [0.3, 0.4) is 0 Å². The zero-order chi connectivity index (χ0) is 19.3. The molecular weight excluding hydrogens is 379 g/mol. The fourth-order valence-corrected chi connectivity index (χ4v) is 2.11. The molecule has 2 rings (SSSR count). The van der Waals surface area contributed by atoms with E-state index in [4.69, 9.17) is 11.6 Å². The highest BCUT2D eigenvalue weighted by Crippen LogP contribution is 2.23. The molecule has 2 aromatic rings. The van der Waals surface area contributed by atoms with E-state index in [1.54, 1.807) is 0 Å². The van der Waals surface area contributed by atoms with Gasteiger partial charge in [0, 0.05) is 30.4 Å². The van der Waals surface area contributed by atoms with Crippen LogP contribution in [0.4, 0.5) is 18.9 Å². The number of amides is 1. The zero-order valence-corrected chi connectivity index (χ0v) is 13.7. The maximum absolute atomic E-state index is 12.3. The zero-order valence-electron chi connectivity index (χ0n) is 12.9. The first-order valence-corrected chi connectivity index (χ1v) is 7.41. The second-order valence-corrected chi connectivity index (χ2v) is 5.38. The molecule has 0 aliphatic heterocycles. The Morgan fingerprint density at radius 2 is 2.08 bits per heavy atom. The SMILES string of the molecule is O=C(NCc1cccnc1OCC(F)(F)F)c1cc([N+](=O)[O-])ccc1Cl. The first-order chi connectivity index (χ1) is 12.2. The largest absolute Gasteiger partial charge is 0.468 e. The number of nitro benzene ring substituents is 1. The van der Waals surface area contributed by atoms with Crippen LogP contribution in [0.15, 0.2) is 36.5 Å². The van der Waals surface area contributed by atoms with Crippen LogP contribution in [-0.4, -0.2) is 28.6 Å². The van der Waals surface area contributed by atoms with Crippen molar-refractivity contribution >= 4 is 23.2 Å². The van der Waals surface area contributed by atoms with Crippen molar-refractivity contribution in [2.24, 2.45) is 0 Å². The summed E-state index contributed by atoms with van der Waals surface area (Å²) in [6, 6.07) is 6.23. The summed E-state index contributed by atoms with van der Waals surface area (Å²) in [6.45, 7) is -1.74. The molecule has 0 atom stereocenters. The van der Waals surface area contributed by atoms with E-state index in [1.165, 1.54) is 24.4 Å². The van der Waals surface area contributed by atoms with E-state index in [0.29, 0.717) is 0 Å². The summed E-state index contributed by atoms with van der Waals surface area (Å²) < 4.78 is 41.4. The molecule has 26 heavy (non-hydrogen) atoms. The number of halogens is 4. The molecule has 0 aliphatic rings. The number of ether oxygens (including phenoxy) is 1. The maximum atomic E-state index is 12.3. The van der Waals surface area contributed by atoms with Gasteiger partial charge < -0.3 is 10.1 Å². The fraction of sp³-hybridized carbons (Fsp3) is 0.200. The predicted octanol–water partition coefficient (Wildman–Crippen LogP) is 3.51. The molecule has 0 fully saturated rings. The number of hydrogen-bond acceptors (Lipinski definition) is 5. The lowest BCUT2D eigenvalue weighted by Crippen LogP contribution is -2.25. The number of hydrogen-bond donors (Lipinski definition) is 1. The van der Waals surface area contributed by atoms with Crippen LogP contribution >= 0.6 is 11.6 Å². The summed E-state index contributed by atoms with van der Waals surface area (Å²) in [5.41, 5.74) is -0.260. The second kappa shape index (κ2) is 8.00. The van der Waals surface area contributed by atoms with Crippen molar-refractivity contribution in [2.45, 2.75) is 12.7 Å². The van der Waals surface area contributed by atoms with E-state index < -0.39 is 23.6 Å². The van der Waals surface area contributed by atoms with Gasteiger partial charge in [0.15, 0.2) is 6.61 Å². The number of pyridine rings is 1. The third kappa shape index (κ3) is 5.31. The van der Waals surface area contributed by atoms with E-state index >= 15 is 0 Å². The Kier molecular flexibility index (Phi) is 5.98. The maximum Gasteiger partial charge on any atom is 0.422 e. The molecule has 1 aromatic heterocycles. The molecular formula is C15H11ClF3N3O4. The number of carbonyl (C=O) groups is 1. The monoisotopic (exact) mass is 389 g/mol. The lowest BCUT2D eigenvalue weighted by molar-refractivity contribution is -0.384. The van der Waals surface area contributed by atoms with Crippen molar-refractivity contribution in [3.8, 4) is 5.88 Å². The predicted molar refractivity (Wildman–Crippen MR) is 85.1 cm³/mol. The highest BCUT2D eigenvalue weighted by molar-refractivity contribution is 6.33. The molecule has 0 radical (unpaired) electrons. The molecule has 11 heteroatoms. The first kappa shape index (κ1) is 19.4. The normalized spacial score (nSPS) is 11.1. The van der Waals surface area contributed by atoms with Gasteiger partial charge in [-0.15, -0.1) is 0 Å². The van der Waals surface area contributed by atoms with Crippen LogP contribution in [0.5, 0.6) is 5.88 Å². The van der Waals surface area contributed by atoms with Gasteiger partial charge in [0.25, 0.3) is 11.6 Å². The van der Waals surface area contributed by atoms with E-state index in [2.05, 4.69) is 15.0 Å². The van der Waals surface area contributed by atoms with Crippen LogP contribution in [0.2, 0.25) is 5.02 Å². The molecule has 138 valence electrons. The van der Waals surface area contributed by atoms with Crippen molar-refractivity contribution in [3.63, 3.8) is 0 Å². The van der Waals surface area contributed by atoms with Gasteiger partial charge in [-0.1, -0.05) is 17.7 Å². The highest BCUT2D eigenvalue weighted by atomic mass is 35.5. The van der Waals surface area contributed by atoms with Gasteiger partial charge in [0.2, 0.25) is 5.88 Å². The smallest absolute Gasteiger partial charge is 0.422 e. The molecule has 0 saturated heterocycles.